The number of carbonyl (C=O) groups is 2. The number of rotatable bonds is 2. The molecule has 0 aliphatic carbocycles. The van der Waals surface area contributed by atoms with Crippen LogP contribution in [0.4, 0.5) is 0 Å². The molecule has 0 aromatic heterocycles. The Morgan fingerprint density at radius 2 is 2.00 bits per heavy atom. The molecule has 1 fully saturated rings. The number of hydrogen-bond donors (Lipinski definition) is 1. The molecule has 1 saturated heterocycles. The van der Waals surface area contributed by atoms with Crippen LogP contribution in [0.2, 0.25) is 0 Å². The third kappa shape index (κ3) is 2.77. The summed E-state index contributed by atoms with van der Waals surface area (Å²) >= 11 is 3.38. The van der Waals surface area contributed by atoms with E-state index in [1.165, 1.54) is 4.90 Å². The van der Waals surface area contributed by atoms with Crippen molar-refractivity contribution in [2.45, 2.75) is 25.3 Å². The van der Waals surface area contributed by atoms with Gasteiger partial charge in [-0.1, -0.05) is 0 Å². The average Bonchev–Trinajstić information content (AvgIpc) is 2.54. The van der Waals surface area contributed by atoms with E-state index in [-0.39, 0.29) is 5.91 Å². The predicted molar refractivity (Wildman–Crippen MR) is 81.4 cm³/mol. The molecule has 22 heavy (non-hydrogen) atoms. The average molecular weight is 370 g/mol. The van der Waals surface area contributed by atoms with Gasteiger partial charge in [0.25, 0.3) is 5.91 Å². The van der Waals surface area contributed by atoms with Gasteiger partial charge in [-0.25, -0.2) is 4.79 Å². The number of fused-ring (bicyclic) bond motifs is 1. The molecule has 3 rings (SSSR count). The summed E-state index contributed by atoms with van der Waals surface area (Å²) in [4.78, 5) is 25.5. The predicted octanol–water partition coefficient (Wildman–Crippen LogP) is 2.30. The number of ether oxygens (including phenoxy) is 2. The number of carboxylic acid groups (broad SMARTS) is 1. The molecule has 1 aromatic carbocycles. The van der Waals surface area contributed by atoms with Crippen LogP contribution < -0.4 is 9.47 Å². The van der Waals surface area contributed by atoms with Crippen molar-refractivity contribution < 1.29 is 24.2 Å². The van der Waals surface area contributed by atoms with Gasteiger partial charge in [-0.15, -0.1) is 0 Å². The quantitative estimate of drug-likeness (QED) is 0.865. The van der Waals surface area contributed by atoms with E-state index in [9.17, 15) is 14.7 Å². The van der Waals surface area contributed by atoms with Crippen molar-refractivity contribution in [3.8, 4) is 11.5 Å². The minimum absolute atomic E-state index is 0.287. The van der Waals surface area contributed by atoms with Gasteiger partial charge < -0.3 is 19.5 Å². The molecule has 2 aliphatic heterocycles. The Balaban J connectivity index is 1.91. The molecule has 0 saturated carbocycles. The standard InChI is InChI=1S/C15H16BrNO5/c16-10-7-9(8-12-13(10)22-6-5-21-12)14(18)17-4-2-1-3-11(17)15(19)20/h7-8,11H,1-6H2,(H,19,20)/t11-/m1/s1. The number of amides is 1. The first-order valence-corrected chi connectivity index (χ1v) is 8.00. The van der Waals surface area contributed by atoms with Gasteiger partial charge >= 0.3 is 5.97 Å². The Morgan fingerprint density at radius 3 is 2.77 bits per heavy atom. The van der Waals surface area contributed by atoms with Crippen molar-refractivity contribution in [1.82, 2.24) is 4.90 Å². The number of benzene rings is 1. The van der Waals surface area contributed by atoms with Gasteiger partial charge in [-0.05, 0) is 47.3 Å². The lowest BCUT2D eigenvalue weighted by Crippen LogP contribution is -2.48. The fourth-order valence-corrected chi connectivity index (χ4v) is 3.39. The first-order valence-electron chi connectivity index (χ1n) is 7.21. The Kier molecular flexibility index (Phi) is 4.24. The molecule has 1 atom stereocenters. The third-order valence-electron chi connectivity index (χ3n) is 3.89. The van der Waals surface area contributed by atoms with Gasteiger partial charge in [0.2, 0.25) is 0 Å². The molecule has 2 aliphatic rings. The smallest absolute Gasteiger partial charge is 0.326 e. The summed E-state index contributed by atoms with van der Waals surface area (Å²) in [6.07, 6.45) is 2.14. The lowest BCUT2D eigenvalue weighted by molar-refractivity contribution is -0.143. The normalized spacial score (nSPS) is 20.6. The fourth-order valence-electron chi connectivity index (χ4n) is 2.83. The van der Waals surface area contributed by atoms with Crippen LogP contribution in [0.25, 0.3) is 0 Å². The van der Waals surface area contributed by atoms with Crippen molar-refractivity contribution in [2.75, 3.05) is 19.8 Å². The van der Waals surface area contributed by atoms with Crippen LogP contribution in [0.3, 0.4) is 0 Å². The van der Waals surface area contributed by atoms with E-state index in [0.717, 1.165) is 12.8 Å². The Morgan fingerprint density at radius 1 is 1.23 bits per heavy atom. The molecule has 0 unspecified atom stereocenters. The number of aliphatic carboxylic acids is 1. The minimum Gasteiger partial charge on any atom is -0.486 e. The summed E-state index contributed by atoms with van der Waals surface area (Å²) in [5.41, 5.74) is 0.407. The van der Waals surface area contributed by atoms with E-state index in [4.69, 9.17) is 9.47 Å². The van der Waals surface area contributed by atoms with Crippen molar-refractivity contribution in [2.24, 2.45) is 0 Å². The molecule has 1 N–H and O–H groups in total. The van der Waals surface area contributed by atoms with Crippen molar-refractivity contribution in [3.63, 3.8) is 0 Å². The van der Waals surface area contributed by atoms with E-state index >= 15 is 0 Å². The maximum absolute atomic E-state index is 12.7. The van der Waals surface area contributed by atoms with Gasteiger partial charge in [-0.3, -0.25) is 4.79 Å². The zero-order valence-electron chi connectivity index (χ0n) is 11.9. The number of piperidine rings is 1. The molecule has 0 spiro atoms. The van der Waals surface area contributed by atoms with Crippen LogP contribution in [0.1, 0.15) is 29.6 Å². The zero-order valence-corrected chi connectivity index (χ0v) is 13.5. The molecule has 0 radical (unpaired) electrons. The van der Waals surface area contributed by atoms with E-state index < -0.39 is 12.0 Å². The number of carbonyl (C=O) groups excluding carboxylic acids is 1. The lowest BCUT2D eigenvalue weighted by atomic mass is 10.0. The number of halogens is 1. The highest BCUT2D eigenvalue weighted by Gasteiger charge is 2.33. The SMILES string of the molecule is O=C(O)[C@H]1CCCCN1C(=O)c1cc(Br)c2c(c1)OCCO2. The first kappa shape index (κ1) is 15.1. The van der Waals surface area contributed by atoms with E-state index in [1.54, 1.807) is 12.1 Å². The van der Waals surface area contributed by atoms with Gasteiger partial charge in [-0.2, -0.15) is 0 Å². The van der Waals surface area contributed by atoms with Crippen LogP contribution in [0, 0.1) is 0 Å². The van der Waals surface area contributed by atoms with Crippen LogP contribution in [0.15, 0.2) is 16.6 Å². The summed E-state index contributed by atoms with van der Waals surface area (Å²) < 4.78 is 11.7. The topological polar surface area (TPSA) is 76.1 Å². The molecular formula is C15H16BrNO5. The zero-order chi connectivity index (χ0) is 15.7. The minimum atomic E-state index is -0.954. The highest BCUT2D eigenvalue weighted by molar-refractivity contribution is 9.10. The summed E-state index contributed by atoms with van der Waals surface area (Å²) in [6.45, 7) is 1.35. The molecular weight excluding hydrogens is 354 g/mol. The van der Waals surface area contributed by atoms with Crippen LogP contribution in [-0.2, 0) is 4.79 Å². The highest BCUT2D eigenvalue weighted by atomic mass is 79.9. The molecule has 7 heteroatoms. The molecule has 1 amide bonds. The number of hydrogen-bond acceptors (Lipinski definition) is 4. The second-order valence-corrected chi connectivity index (χ2v) is 6.18. The Bertz CT molecular complexity index is 618. The van der Waals surface area contributed by atoms with Crippen molar-refractivity contribution in [3.05, 3.63) is 22.2 Å². The largest absolute Gasteiger partial charge is 0.486 e. The monoisotopic (exact) mass is 369 g/mol. The van der Waals surface area contributed by atoms with Crippen molar-refractivity contribution >= 4 is 27.8 Å². The Hall–Kier alpha value is -1.76. The second-order valence-electron chi connectivity index (χ2n) is 5.33. The first-order chi connectivity index (χ1) is 10.6. The van der Waals surface area contributed by atoms with Crippen LogP contribution in [-0.4, -0.2) is 47.7 Å². The van der Waals surface area contributed by atoms with E-state index in [1.807, 2.05) is 0 Å². The van der Waals surface area contributed by atoms with Gasteiger partial charge in [0, 0.05) is 12.1 Å². The molecule has 2 heterocycles. The number of carboxylic acids is 1. The molecule has 118 valence electrons. The summed E-state index contributed by atoms with van der Waals surface area (Å²) in [6, 6.07) is 2.52. The Labute approximate surface area is 136 Å². The molecule has 6 nitrogen and oxygen atoms in total. The third-order valence-corrected chi connectivity index (χ3v) is 4.48. The highest BCUT2D eigenvalue weighted by Crippen LogP contribution is 2.39. The number of likely N-dealkylation sites (tertiary alicyclic amines) is 1. The van der Waals surface area contributed by atoms with Gasteiger partial charge in [0.15, 0.2) is 11.5 Å². The second kappa shape index (κ2) is 6.16. The number of nitrogens with zero attached hydrogens (tertiary/aromatic N) is 1. The summed E-state index contributed by atoms with van der Waals surface area (Å²) in [5, 5.41) is 9.30. The van der Waals surface area contributed by atoms with Crippen molar-refractivity contribution in [1.29, 1.82) is 0 Å². The molecule has 0 bridgehead atoms. The maximum atomic E-state index is 12.7. The van der Waals surface area contributed by atoms with Gasteiger partial charge in [0.1, 0.15) is 19.3 Å². The van der Waals surface area contributed by atoms with Crippen LogP contribution >= 0.6 is 15.9 Å². The lowest BCUT2D eigenvalue weighted by Gasteiger charge is -2.33. The van der Waals surface area contributed by atoms with Gasteiger partial charge in [0.05, 0.1) is 4.47 Å². The van der Waals surface area contributed by atoms with E-state index in [0.29, 0.717) is 47.7 Å². The maximum Gasteiger partial charge on any atom is 0.326 e. The van der Waals surface area contributed by atoms with E-state index in [2.05, 4.69) is 15.9 Å². The summed E-state index contributed by atoms with van der Waals surface area (Å²) in [7, 11) is 0. The molecule has 1 aromatic rings. The summed E-state index contributed by atoms with van der Waals surface area (Å²) in [5.74, 6) is -0.154. The van der Waals surface area contributed by atoms with Crippen LogP contribution in [0.5, 0.6) is 11.5 Å². The fraction of sp³-hybridized carbons (Fsp3) is 0.467.